The molecule has 28 heavy (non-hydrogen) atoms. The van der Waals surface area contributed by atoms with E-state index in [1.165, 1.54) is 7.11 Å². The highest BCUT2D eigenvalue weighted by Gasteiger charge is 2.12. The van der Waals surface area contributed by atoms with Gasteiger partial charge in [0.1, 0.15) is 12.2 Å². The van der Waals surface area contributed by atoms with Gasteiger partial charge in [0, 0.05) is 6.54 Å². The average Bonchev–Trinajstić information content (AvgIpc) is 2.67. The van der Waals surface area contributed by atoms with Crippen LogP contribution in [0.15, 0.2) is 36.4 Å². The number of aryl methyl sites for hydroxylation is 1. The molecule has 7 nitrogen and oxygen atoms in total. The topological polar surface area (TPSA) is 85.9 Å². The molecule has 0 aromatic heterocycles. The van der Waals surface area contributed by atoms with E-state index in [4.69, 9.17) is 14.2 Å². The van der Waals surface area contributed by atoms with Gasteiger partial charge in [-0.1, -0.05) is 12.1 Å². The number of carbonyl (C=O) groups excluding carboxylic acids is 2. The molecule has 0 aliphatic heterocycles. The van der Waals surface area contributed by atoms with Crippen molar-refractivity contribution in [1.82, 2.24) is 5.32 Å². The third kappa shape index (κ3) is 5.90. The molecule has 2 N–H and O–H groups in total. The Hall–Kier alpha value is -3.22. The van der Waals surface area contributed by atoms with Crippen LogP contribution in [0.5, 0.6) is 17.2 Å². The number of nitrogens with one attached hydrogen (secondary N) is 2. The van der Waals surface area contributed by atoms with Crippen molar-refractivity contribution in [2.75, 3.05) is 33.2 Å². The molecule has 0 atom stereocenters. The zero-order valence-corrected chi connectivity index (χ0v) is 16.6. The number of hydrogen-bond acceptors (Lipinski definition) is 5. The lowest BCUT2D eigenvalue weighted by molar-refractivity contribution is -0.126. The van der Waals surface area contributed by atoms with Crippen molar-refractivity contribution in [1.29, 1.82) is 0 Å². The Labute approximate surface area is 165 Å². The van der Waals surface area contributed by atoms with E-state index in [0.717, 1.165) is 11.1 Å². The normalized spacial score (nSPS) is 10.1. The molecule has 0 saturated carbocycles. The van der Waals surface area contributed by atoms with Gasteiger partial charge >= 0.3 is 0 Å². The smallest absolute Gasteiger partial charge is 0.233 e. The average molecular weight is 386 g/mol. The minimum Gasteiger partial charge on any atom is -0.495 e. The van der Waals surface area contributed by atoms with Crippen LogP contribution in [0.2, 0.25) is 0 Å². The molecule has 0 spiro atoms. The van der Waals surface area contributed by atoms with Crippen molar-refractivity contribution in [3.8, 4) is 17.2 Å². The lowest BCUT2D eigenvalue weighted by Crippen LogP contribution is -2.29. The minimum atomic E-state index is -0.396. The van der Waals surface area contributed by atoms with E-state index < -0.39 is 5.91 Å². The van der Waals surface area contributed by atoms with Crippen molar-refractivity contribution >= 4 is 17.5 Å². The van der Waals surface area contributed by atoms with E-state index >= 15 is 0 Å². The summed E-state index contributed by atoms with van der Waals surface area (Å²) in [6, 6.07) is 11.0. The lowest BCUT2D eigenvalue weighted by Gasteiger charge is -2.11. The molecule has 2 rings (SSSR count). The van der Waals surface area contributed by atoms with Crippen LogP contribution in [0, 0.1) is 6.92 Å². The fourth-order valence-electron chi connectivity index (χ4n) is 2.70. The van der Waals surface area contributed by atoms with Crippen LogP contribution in [0.3, 0.4) is 0 Å². The number of ether oxygens (including phenoxy) is 3. The Bertz CT molecular complexity index is 836. The van der Waals surface area contributed by atoms with Gasteiger partial charge in [-0.2, -0.15) is 0 Å². The summed E-state index contributed by atoms with van der Waals surface area (Å²) in [6.45, 7) is 2.32. The van der Waals surface area contributed by atoms with Gasteiger partial charge in [-0.3, -0.25) is 9.59 Å². The zero-order chi connectivity index (χ0) is 20.5. The molecule has 2 aromatic rings. The second kappa shape index (κ2) is 10.2. The van der Waals surface area contributed by atoms with E-state index in [9.17, 15) is 9.59 Å². The van der Waals surface area contributed by atoms with E-state index in [1.54, 1.807) is 26.4 Å². The second-order valence-corrected chi connectivity index (χ2v) is 6.22. The summed E-state index contributed by atoms with van der Waals surface area (Å²) in [6.07, 6.45) is 0.350. The van der Waals surface area contributed by atoms with Crippen molar-refractivity contribution in [3.05, 3.63) is 47.5 Å². The summed E-state index contributed by atoms with van der Waals surface area (Å²) < 4.78 is 15.7. The Balaban J connectivity index is 1.82. The first-order chi connectivity index (χ1) is 13.5. The van der Waals surface area contributed by atoms with Gasteiger partial charge in [-0.05, 0) is 48.7 Å². The number of rotatable bonds is 9. The molecule has 2 amide bonds. The van der Waals surface area contributed by atoms with Gasteiger partial charge in [0.05, 0.1) is 27.0 Å². The molecular formula is C21H26N2O5. The first kappa shape index (κ1) is 21.1. The molecule has 150 valence electrons. The van der Waals surface area contributed by atoms with Crippen LogP contribution in [0.4, 0.5) is 5.69 Å². The molecule has 0 saturated heterocycles. The number of amides is 2. The largest absolute Gasteiger partial charge is 0.495 e. The summed E-state index contributed by atoms with van der Waals surface area (Å²) in [5.74, 6) is 1.10. The number of hydrogen-bond donors (Lipinski definition) is 2. The first-order valence-electron chi connectivity index (χ1n) is 8.89. The molecular weight excluding hydrogens is 360 g/mol. The van der Waals surface area contributed by atoms with E-state index in [1.807, 2.05) is 31.2 Å². The lowest BCUT2D eigenvalue weighted by atomic mass is 10.1. The van der Waals surface area contributed by atoms with E-state index in [0.29, 0.717) is 35.9 Å². The molecule has 0 bridgehead atoms. The monoisotopic (exact) mass is 386 g/mol. The summed E-state index contributed by atoms with van der Waals surface area (Å²) in [4.78, 5) is 24.2. The Kier molecular flexibility index (Phi) is 7.68. The summed E-state index contributed by atoms with van der Waals surface area (Å²) in [5, 5.41) is 5.46. The number of benzene rings is 2. The van der Waals surface area contributed by atoms with Gasteiger partial charge in [-0.15, -0.1) is 0 Å². The van der Waals surface area contributed by atoms with Crippen molar-refractivity contribution in [2.45, 2.75) is 19.8 Å². The highest BCUT2D eigenvalue weighted by molar-refractivity contribution is 6.04. The molecule has 0 aliphatic carbocycles. The maximum Gasteiger partial charge on any atom is 0.233 e. The Morgan fingerprint density at radius 2 is 1.54 bits per heavy atom. The fraction of sp³-hybridized carbons (Fsp3) is 0.333. The molecule has 2 aromatic carbocycles. The highest BCUT2D eigenvalue weighted by Crippen LogP contribution is 2.27. The van der Waals surface area contributed by atoms with Gasteiger partial charge < -0.3 is 24.8 Å². The molecule has 0 aliphatic rings. The van der Waals surface area contributed by atoms with Gasteiger partial charge in [0.25, 0.3) is 0 Å². The third-order valence-corrected chi connectivity index (χ3v) is 4.13. The predicted molar refractivity (Wildman–Crippen MR) is 107 cm³/mol. The predicted octanol–water partition coefficient (Wildman–Crippen LogP) is 2.71. The van der Waals surface area contributed by atoms with Crippen LogP contribution in [-0.4, -0.2) is 39.7 Å². The SMILES string of the molecule is COc1ccc(C)cc1NC(=O)CC(=O)NCCc1ccc(OC)c(OC)c1. The van der Waals surface area contributed by atoms with Crippen molar-refractivity contribution in [3.63, 3.8) is 0 Å². The van der Waals surface area contributed by atoms with Crippen LogP contribution < -0.4 is 24.8 Å². The minimum absolute atomic E-state index is 0.261. The van der Waals surface area contributed by atoms with Gasteiger partial charge in [-0.25, -0.2) is 0 Å². The maximum atomic E-state index is 12.1. The molecule has 0 fully saturated rings. The highest BCUT2D eigenvalue weighted by atomic mass is 16.5. The maximum absolute atomic E-state index is 12.1. The number of carbonyl (C=O) groups is 2. The van der Waals surface area contributed by atoms with Crippen molar-refractivity contribution in [2.24, 2.45) is 0 Å². The third-order valence-electron chi connectivity index (χ3n) is 4.13. The van der Waals surface area contributed by atoms with E-state index in [2.05, 4.69) is 10.6 Å². The quantitative estimate of drug-likeness (QED) is 0.647. The molecule has 0 unspecified atom stereocenters. The fourth-order valence-corrected chi connectivity index (χ4v) is 2.70. The standard InChI is InChI=1S/C21H26N2O5/c1-14-5-7-17(26-2)16(11-14)23-21(25)13-20(24)22-10-9-15-6-8-18(27-3)19(12-15)28-4/h5-8,11-12H,9-10,13H2,1-4H3,(H,22,24)(H,23,25). The van der Waals surface area contributed by atoms with E-state index in [-0.39, 0.29) is 12.3 Å². The Morgan fingerprint density at radius 1 is 0.857 bits per heavy atom. The van der Waals surface area contributed by atoms with Crippen LogP contribution in [0.25, 0.3) is 0 Å². The number of anilines is 1. The van der Waals surface area contributed by atoms with Crippen LogP contribution in [0.1, 0.15) is 17.5 Å². The molecule has 0 radical (unpaired) electrons. The summed E-state index contributed by atoms with van der Waals surface area (Å²) in [5.41, 5.74) is 2.52. The Morgan fingerprint density at radius 3 is 2.21 bits per heavy atom. The van der Waals surface area contributed by atoms with Crippen LogP contribution in [-0.2, 0) is 16.0 Å². The van der Waals surface area contributed by atoms with Crippen molar-refractivity contribution < 1.29 is 23.8 Å². The van der Waals surface area contributed by atoms with Crippen LogP contribution >= 0.6 is 0 Å². The summed E-state index contributed by atoms with van der Waals surface area (Å²) in [7, 11) is 4.68. The number of methoxy groups -OCH3 is 3. The molecule has 7 heteroatoms. The zero-order valence-electron chi connectivity index (χ0n) is 16.6. The molecule has 0 heterocycles. The summed E-state index contributed by atoms with van der Waals surface area (Å²) >= 11 is 0. The van der Waals surface area contributed by atoms with Gasteiger partial charge in [0.15, 0.2) is 11.5 Å². The second-order valence-electron chi connectivity index (χ2n) is 6.22. The first-order valence-corrected chi connectivity index (χ1v) is 8.89. The van der Waals surface area contributed by atoms with Gasteiger partial charge in [0.2, 0.25) is 11.8 Å².